The van der Waals surface area contributed by atoms with E-state index in [0.717, 1.165) is 57.9 Å². The van der Waals surface area contributed by atoms with Crippen molar-refractivity contribution in [1.82, 2.24) is 15.1 Å². The summed E-state index contributed by atoms with van der Waals surface area (Å²) in [4.78, 5) is 9.82. The quantitative estimate of drug-likeness (QED) is 0.218. The Hall–Kier alpha value is -0.120. The summed E-state index contributed by atoms with van der Waals surface area (Å²) in [6.07, 6.45) is 3.92. The van der Waals surface area contributed by atoms with Gasteiger partial charge in [-0.1, -0.05) is 6.92 Å². The Morgan fingerprint density at radius 1 is 1.24 bits per heavy atom. The summed E-state index contributed by atoms with van der Waals surface area (Å²) in [6.45, 7) is 12.7. The number of ether oxygens (including phenoxy) is 2. The average molecular weight is 468 g/mol. The van der Waals surface area contributed by atoms with Gasteiger partial charge >= 0.3 is 0 Å². The molecule has 25 heavy (non-hydrogen) atoms. The van der Waals surface area contributed by atoms with E-state index >= 15 is 0 Å². The van der Waals surface area contributed by atoms with E-state index < -0.39 is 0 Å². The van der Waals surface area contributed by atoms with Crippen LogP contribution in [0.3, 0.4) is 0 Å². The Morgan fingerprint density at radius 2 is 2.04 bits per heavy atom. The van der Waals surface area contributed by atoms with Crippen LogP contribution < -0.4 is 5.32 Å². The minimum Gasteiger partial charge on any atom is -0.382 e. The molecule has 1 N–H and O–H groups in total. The molecule has 0 bridgehead atoms. The third kappa shape index (κ3) is 8.41. The fourth-order valence-electron chi connectivity index (χ4n) is 3.30. The summed E-state index contributed by atoms with van der Waals surface area (Å²) in [7, 11) is 1.71. The molecule has 1 unspecified atom stereocenters. The second kappa shape index (κ2) is 13.1. The summed E-state index contributed by atoms with van der Waals surface area (Å²) in [5, 5.41) is 3.45. The molecule has 0 aromatic rings. The van der Waals surface area contributed by atoms with Crippen LogP contribution in [-0.2, 0) is 9.47 Å². The maximum absolute atomic E-state index is 5.69. The van der Waals surface area contributed by atoms with Crippen LogP contribution in [-0.4, -0.2) is 88.0 Å². The minimum atomic E-state index is 0. The van der Waals surface area contributed by atoms with E-state index in [2.05, 4.69) is 29.0 Å². The van der Waals surface area contributed by atoms with Crippen molar-refractivity contribution in [3.05, 3.63) is 0 Å². The molecule has 2 rings (SSSR count). The molecule has 7 heteroatoms. The van der Waals surface area contributed by atoms with Crippen molar-refractivity contribution < 1.29 is 9.47 Å². The number of halogens is 1. The van der Waals surface area contributed by atoms with Gasteiger partial charge in [-0.25, -0.2) is 0 Å². The van der Waals surface area contributed by atoms with E-state index in [9.17, 15) is 0 Å². The van der Waals surface area contributed by atoms with Crippen molar-refractivity contribution in [2.75, 3.05) is 66.2 Å². The Balaban J connectivity index is 0.00000312. The molecular formula is C18H37IN4O2. The van der Waals surface area contributed by atoms with Crippen LogP contribution in [0.15, 0.2) is 4.99 Å². The molecule has 1 aliphatic heterocycles. The first-order chi connectivity index (χ1) is 11.8. The molecule has 0 spiro atoms. The normalized spacial score (nSPS) is 20.9. The molecule has 0 amide bonds. The van der Waals surface area contributed by atoms with Crippen LogP contribution in [0.25, 0.3) is 0 Å². The Bertz CT molecular complexity index is 380. The lowest BCUT2D eigenvalue weighted by molar-refractivity contribution is 0.0536. The number of aliphatic imine (C=N–C) groups is 1. The summed E-state index contributed by atoms with van der Waals surface area (Å²) < 4.78 is 10.7. The molecule has 1 aliphatic carbocycles. The zero-order chi connectivity index (χ0) is 17.2. The predicted molar refractivity (Wildman–Crippen MR) is 114 cm³/mol. The summed E-state index contributed by atoms with van der Waals surface area (Å²) in [5.41, 5.74) is 0. The molecule has 1 saturated heterocycles. The number of likely N-dealkylation sites (tertiary alicyclic amines) is 1. The zero-order valence-corrected chi connectivity index (χ0v) is 18.5. The smallest absolute Gasteiger partial charge is 0.193 e. The van der Waals surface area contributed by atoms with Gasteiger partial charge in [-0.2, -0.15) is 0 Å². The second-order valence-corrected chi connectivity index (χ2v) is 6.76. The fourth-order valence-corrected chi connectivity index (χ4v) is 3.30. The van der Waals surface area contributed by atoms with E-state index in [1.54, 1.807) is 7.11 Å². The first-order valence-electron chi connectivity index (χ1n) is 9.62. The van der Waals surface area contributed by atoms with Gasteiger partial charge in [0.05, 0.1) is 26.4 Å². The second-order valence-electron chi connectivity index (χ2n) is 6.76. The lowest BCUT2D eigenvalue weighted by Gasteiger charge is -2.23. The highest BCUT2D eigenvalue weighted by atomic mass is 127. The van der Waals surface area contributed by atoms with Gasteiger partial charge in [0.1, 0.15) is 0 Å². The Morgan fingerprint density at radius 3 is 2.68 bits per heavy atom. The molecule has 148 valence electrons. The summed E-state index contributed by atoms with van der Waals surface area (Å²) in [5.74, 6) is 1.67. The lowest BCUT2D eigenvalue weighted by Crippen LogP contribution is -2.41. The number of guanidine groups is 1. The largest absolute Gasteiger partial charge is 0.382 e. The molecule has 0 aromatic carbocycles. The Kier molecular flexibility index (Phi) is 12.0. The lowest BCUT2D eigenvalue weighted by atomic mass is 10.1. The molecular weight excluding hydrogens is 431 g/mol. The molecule has 2 fully saturated rings. The van der Waals surface area contributed by atoms with Crippen LogP contribution in [0.1, 0.15) is 33.1 Å². The maximum Gasteiger partial charge on any atom is 0.193 e. The van der Waals surface area contributed by atoms with Gasteiger partial charge in [0, 0.05) is 45.2 Å². The van der Waals surface area contributed by atoms with Crippen LogP contribution in [0.2, 0.25) is 0 Å². The maximum atomic E-state index is 5.69. The SMILES string of the molecule is CCNC(=NCCN(CC)C1CC1)N1CCC(COCCOC)C1.I. The Labute approximate surface area is 170 Å². The zero-order valence-electron chi connectivity index (χ0n) is 16.2. The standard InChI is InChI=1S/C18H36N4O2.HI/c1-4-19-18(20-9-11-21(5-2)17-6-7-17)22-10-8-16(14-22)15-24-13-12-23-3;/h16-17H,4-15H2,1-3H3,(H,19,20);1H. The third-order valence-electron chi connectivity index (χ3n) is 4.82. The van der Waals surface area contributed by atoms with Crippen molar-refractivity contribution in [1.29, 1.82) is 0 Å². The van der Waals surface area contributed by atoms with E-state index in [1.165, 1.54) is 19.3 Å². The van der Waals surface area contributed by atoms with Gasteiger partial charge in [-0.3, -0.25) is 9.89 Å². The van der Waals surface area contributed by atoms with Crippen molar-refractivity contribution in [2.24, 2.45) is 10.9 Å². The van der Waals surface area contributed by atoms with Crippen LogP contribution >= 0.6 is 24.0 Å². The van der Waals surface area contributed by atoms with E-state index in [0.29, 0.717) is 19.1 Å². The molecule has 6 nitrogen and oxygen atoms in total. The number of methoxy groups -OCH3 is 1. The average Bonchev–Trinajstić information content (AvgIpc) is 3.32. The first kappa shape index (κ1) is 22.9. The number of hydrogen-bond acceptors (Lipinski definition) is 4. The molecule has 0 radical (unpaired) electrons. The monoisotopic (exact) mass is 468 g/mol. The molecule has 1 atom stereocenters. The van der Waals surface area contributed by atoms with Crippen LogP contribution in [0.5, 0.6) is 0 Å². The van der Waals surface area contributed by atoms with Gasteiger partial charge < -0.3 is 19.7 Å². The topological polar surface area (TPSA) is 49.3 Å². The number of hydrogen-bond donors (Lipinski definition) is 1. The highest BCUT2D eigenvalue weighted by Crippen LogP contribution is 2.26. The van der Waals surface area contributed by atoms with Crippen LogP contribution in [0.4, 0.5) is 0 Å². The highest BCUT2D eigenvalue weighted by Gasteiger charge is 2.28. The van der Waals surface area contributed by atoms with Crippen LogP contribution in [0, 0.1) is 5.92 Å². The minimum absolute atomic E-state index is 0. The molecule has 2 aliphatic rings. The van der Waals surface area contributed by atoms with Gasteiger partial charge in [-0.05, 0) is 32.7 Å². The van der Waals surface area contributed by atoms with Gasteiger partial charge in [0.15, 0.2) is 5.96 Å². The molecule has 0 aromatic heterocycles. The van der Waals surface area contributed by atoms with Gasteiger partial charge in [-0.15, -0.1) is 24.0 Å². The van der Waals surface area contributed by atoms with Gasteiger partial charge in [0.2, 0.25) is 0 Å². The van der Waals surface area contributed by atoms with Crippen molar-refractivity contribution in [3.63, 3.8) is 0 Å². The molecule has 1 saturated carbocycles. The van der Waals surface area contributed by atoms with Crippen molar-refractivity contribution >= 4 is 29.9 Å². The third-order valence-corrected chi connectivity index (χ3v) is 4.82. The highest BCUT2D eigenvalue weighted by molar-refractivity contribution is 14.0. The summed E-state index contributed by atoms with van der Waals surface area (Å²) >= 11 is 0. The number of rotatable bonds is 11. The van der Waals surface area contributed by atoms with E-state index in [1.807, 2.05) is 0 Å². The van der Waals surface area contributed by atoms with Crippen molar-refractivity contribution in [2.45, 2.75) is 39.2 Å². The van der Waals surface area contributed by atoms with Gasteiger partial charge in [0.25, 0.3) is 0 Å². The number of likely N-dealkylation sites (N-methyl/N-ethyl adjacent to an activating group) is 1. The van der Waals surface area contributed by atoms with E-state index in [4.69, 9.17) is 14.5 Å². The number of nitrogens with one attached hydrogen (secondary N) is 1. The first-order valence-corrected chi connectivity index (χ1v) is 9.62. The summed E-state index contributed by atoms with van der Waals surface area (Å²) in [6, 6.07) is 0.827. The predicted octanol–water partition coefficient (Wildman–Crippen LogP) is 2.04. The fraction of sp³-hybridized carbons (Fsp3) is 0.944. The number of nitrogens with zero attached hydrogens (tertiary/aromatic N) is 3. The van der Waals surface area contributed by atoms with E-state index in [-0.39, 0.29) is 24.0 Å². The van der Waals surface area contributed by atoms with Crippen molar-refractivity contribution in [3.8, 4) is 0 Å². The molecule has 1 heterocycles.